The Kier molecular flexibility index (Phi) is 3.85. The summed E-state index contributed by atoms with van der Waals surface area (Å²) < 4.78 is 0. The van der Waals surface area contributed by atoms with E-state index in [1.54, 1.807) is 11.3 Å². The molecule has 1 aliphatic heterocycles. The highest BCUT2D eigenvalue weighted by Crippen LogP contribution is 2.36. The van der Waals surface area contributed by atoms with E-state index >= 15 is 0 Å². The summed E-state index contributed by atoms with van der Waals surface area (Å²) in [7, 11) is 0. The topological polar surface area (TPSA) is 29.0 Å². The molecule has 1 saturated heterocycles. The predicted octanol–water partition coefficient (Wildman–Crippen LogP) is 3.40. The fourth-order valence-electron chi connectivity index (χ4n) is 2.79. The number of thiazole rings is 1. The highest BCUT2D eigenvalue weighted by molar-refractivity contribution is 7.09. The maximum absolute atomic E-state index is 4.52. The first-order valence-electron chi connectivity index (χ1n) is 7.20. The van der Waals surface area contributed by atoms with Gasteiger partial charge < -0.3 is 0 Å². The number of aromatic nitrogens is 2. The maximum atomic E-state index is 4.52. The first kappa shape index (κ1) is 13.7. The van der Waals surface area contributed by atoms with Crippen LogP contribution in [0.2, 0.25) is 0 Å². The molecule has 1 aliphatic rings. The monoisotopic (exact) mass is 287 g/mol. The van der Waals surface area contributed by atoms with Gasteiger partial charge in [-0.05, 0) is 44.5 Å². The van der Waals surface area contributed by atoms with Crippen LogP contribution in [0.15, 0.2) is 29.9 Å². The van der Waals surface area contributed by atoms with Gasteiger partial charge in [-0.3, -0.25) is 9.88 Å². The Balaban J connectivity index is 1.60. The Morgan fingerprint density at radius 1 is 1.25 bits per heavy atom. The Morgan fingerprint density at radius 3 is 2.65 bits per heavy atom. The third kappa shape index (κ3) is 2.91. The van der Waals surface area contributed by atoms with Gasteiger partial charge in [0.05, 0.1) is 5.01 Å². The van der Waals surface area contributed by atoms with Crippen LogP contribution >= 0.6 is 11.3 Å². The number of hydrogen-bond donors (Lipinski definition) is 0. The van der Waals surface area contributed by atoms with Crippen molar-refractivity contribution in [1.29, 1.82) is 0 Å². The summed E-state index contributed by atoms with van der Waals surface area (Å²) >= 11 is 1.80. The average Bonchev–Trinajstić information content (AvgIpc) is 2.99. The molecular formula is C16H21N3S. The van der Waals surface area contributed by atoms with Crippen molar-refractivity contribution in [1.82, 2.24) is 14.9 Å². The van der Waals surface area contributed by atoms with Crippen LogP contribution in [0.25, 0.3) is 0 Å². The van der Waals surface area contributed by atoms with Gasteiger partial charge in [0.2, 0.25) is 0 Å². The van der Waals surface area contributed by atoms with Gasteiger partial charge in [0.25, 0.3) is 0 Å². The molecule has 0 bridgehead atoms. The highest BCUT2D eigenvalue weighted by Gasteiger charge is 2.33. The largest absolute Gasteiger partial charge is 0.299 e. The summed E-state index contributed by atoms with van der Waals surface area (Å²) in [5.74, 6) is 0. The van der Waals surface area contributed by atoms with Crippen molar-refractivity contribution in [3.63, 3.8) is 0 Å². The van der Waals surface area contributed by atoms with Crippen molar-refractivity contribution in [3.8, 4) is 0 Å². The standard InChI is InChI=1S/C16H21N3S/c1-13-3-4-14(11-18-13)12-19-8-5-16(2,6-9-19)15-17-7-10-20-15/h3-4,7,10-11H,5-6,8-9,12H2,1-2H3. The van der Waals surface area contributed by atoms with Crippen LogP contribution in [0, 0.1) is 6.92 Å². The molecule has 0 aromatic carbocycles. The van der Waals surface area contributed by atoms with Crippen molar-refractivity contribution < 1.29 is 0 Å². The lowest BCUT2D eigenvalue weighted by atomic mass is 9.81. The van der Waals surface area contributed by atoms with Crippen LogP contribution in [0.4, 0.5) is 0 Å². The molecule has 0 amide bonds. The minimum atomic E-state index is 0.274. The van der Waals surface area contributed by atoms with E-state index in [2.05, 4.69) is 39.3 Å². The van der Waals surface area contributed by atoms with Crippen LogP contribution in [-0.2, 0) is 12.0 Å². The van der Waals surface area contributed by atoms with Gasteiger partial charge in [0.15, 0.2) is 0 Å². The highest BCUT2D eigenvalue weighted by atomic mass is 32.1. The summed E-state index contributed by atoms with van der Waals surface area (Å²) in [5, 5.41) is 3.39. The van der Waals surface area contributed by atoms with Gasteiger partial charge in [0.1, 0.15) is 0 Å². The summed E-state index contributed by atoms with van der Waals surface area (Å²) in [5.41, 5.74) is 2.67. The van der Waals surface area contributed by atoms with Gasteiger partial charge >= 0.3 is 0 Å². The minimum Gasteiger partial charge on any atom is -0.299 e. The van der Waals surface area contributed by atoms with Crippen LogP contribution in [0.1, 0.15) is 36.0 Å². The lowest BCUT2D eigenvalue weighted by molar-refractivity contribution is 0.161. The molecule has 2 aromatic rings. The molecule has 4 heteroatoms. The molecule has 3 nitrogen and oxygen atoms in total. The number of likely N-dealkylation sites (tertiary alicyclic amines) is 1. The van der Waals surface area contributed by atoms with Gasteiger partial charge in [0, 0.05) is 35.4 Å². The van der Waals surface area contributed by atoms with Crippen LogP contribution < -0.4 is 0 Å². The van der Waals surface area contributed by atoms with E-state index in [-0.39, 0.29) is 5.41 Å². The fourth-order valence-corrected chi connectivity index (χ4v) is 3.65. The van der Waals surface area contributed by atoms with Crippen LogP contribution in [0.3, 0.4) is 0 Å². The van der Waals surface area contributed by atoms with Gasteiger partial charge in [-0.2, -0.15) is 0 Å². The van der Waals surface area contributed by atoms with Crippen molar-refractivity contribution in [3.05, 3.63) is 46.2 Å². The first-order valence-corrected chi connectivity index (χ1v) is 8.08. The fraction of sp³-hybridized carbons (Fsp3) is 0.500. The molecule has 1 fully saturated rings. The molecule has 0 saturated carbocycles. The van der Waals surface area contributed by atoms with E-state index in [1.807, 2.05) is 19.3 Å². The molecular weight excluding hydrogens is 266 g/mol. The Hall–Kier alpha value is -1.26. The Bertz CT molecular complexity index is 540. The third-order valence-corrected chi connectivity index (χ3v) is 5.37. The summed E-state index contributed by atoms with van der Waals surface area (Å²) in [6.45, 7) is 7.69. The molecule has 3 heterocycles. The van der Waals surface area contributed by atoms with Crippen LogP contribution in [0.5, 0.6) is 0 Å². The zero-order valence-corrected chi connectivity index (χ0v) is 13.0. The molecule has 0 atom stereocenters. The number of pyridine rings is 1. The number of piperidine rings is 1. The van der Waals surface area contributed by atoms with Crippen molar-refractivity contribution in [2.75, 3.05) is 13.1 Å². The lowest BCUT2D eigenvalue weighted by Gasteiger charge is -2.38. The van der Waals surface area contributed by atoms with Gasteiger partial charge in [-0.15, -0.1) is 11.3 Å². The first-order chi connectivity index (χ1) is 9.66. The number of rotatable bonds is 3. The molecule has 0 spiro atoms. The van der Waals surface area contributed by atoms with Gasteiger partial charge in [-0.1, -0.05) is 13.0 Å². The quantitative estimate of drug-likeness (QED) is 0.866. The van der Waals surface area contributed by atoms with Crippen molar-refractivity contribution in [2.45, 2.75) is 38.6 Å². The molecule has 106 valence electrons. The Labute approximate surface area is 124 Å². The van der Waals surface area contributed by atoms with E-state index in [0.717, 1.165) is 25.3 Å². The smallest absolute Gasteiger partial charge is 0.0984 e. The zero-order valence-electron chi connectivity index (χ0n) is 12.2. The molecule has 3 rings (SSSR count). The molecule has 0 N–H and O–H groups in total. The molecule has 2 aromatic heterocycles. The molecule has 0 radical (unpaired) electrons. The molecule has 0 aliphatic carbocycles. The Morgan fingerprint density at radius 2 is 2.05 bits per heavy atom. The second kappa shape index (κ2) is 5.62. The van der Waals surface area contributed by atoms with E-state index in [1.165, 1.54) is 23.4 Å². The second-order valence-corrected chi connectivity index (χ2v) is 6.88. The van der Waals surface area contributed by atoms with Crippen LogP contribution in [-0.4, -0.2) is 28.0 Å². The van der Waals surface area contributed by atoms with Crippen molar-refractivity contribution in [2.24, 2.45) is 0 Å². The van der Waals surface area contributed by atoms with E-state index in [4.69, 9.17) is 0 Å². The lowest BCUT2D eigenvalue weighted by Crippen LogP contribution is -2.40. The maximum Gasteiger partial charge on any atom is 0.0984 e. The third-order valence-electron chi connectivity index (χ3n) is 4.29. The SMILES string of the molecule is Cc1ccc(CN2CCC(C)(c3nccs3)CC2)cn1. The number of nitrogens with zero attached hydrogens (tertiary/aromatic N) is 3. The average molecular weight is 287 g/mol. The zero-order chi connectivity index (χ0) is 14.0. The van der Waals surface area contributed by atoms with Gasteiger partial charge in [-0.25, -0.2) is 4.98 Å². The second-order valence-electron chi connectivity index (χ2n) is 5.98. The molecule has 20 heavy (non-hydrogen) atoms. The summed E-state index contributed by atoms with van der Waals surface area (Å²) in [6, 6.07) is 4.29. The minimum absolute atomic E-state index is 0.274. The van der Waals surface area contributed by atoms with E-state index in [9.17, 15) is 0 Å². The van der Waals surface area contributed by atoms with E-state index < -0.39 is 0 Å². The van der Waals surface area contributed by atoms with Crippen molar-refractivity contribution >= 4 is 11.3 Å². The summed E-state index contributed by atoms with van der Waals surface area (Å²) in [6.07, 6.45) is 6.32. The number of aryl methyl sites for hydroxylation is 1. The summed E-state index contributed by atoms with van der Waals surface area (Å²) in [4.78, 5) is 11.4. The van der Waals surface area contributed by atoms with E-state index in [0.29, 0.717) is 0 Å². The molecule has 0 unspecified atom stereocenters. The number of hydrogen-bond acceptors (Lipinski definition) is 4. The predicted molar refractivity (Wildman–Crippen MR) is 83.0 cm³/mol. The normalized spacial score (nSPS) is 19.1.